The highest BCUT2D eigenvalue weighted by molar-refractivity contribution is 7.26. The van der Waals surface area contributed by atoms with Gasteiger partial charge < -0.3 is 19.1 Å². The van der Waals surface area contributed by atoms with Gasteiger partial charge in [0.2, 0.25) is 5.91 Å². The van der Waals surface area contributed by atoms with Gasteiger partial charge in [0, 0.05) is 25.7 Å². The summed E-state index contributed by atoms with van der Waals surface area (Å²) < 4.78 is 17.6. The van der Waals surface area contributed by atoms with Crippen LogP contribution in [0.1, 0.15) is 29.3 Å². The fourth-order valence-electron chi connectivity index (χ4n) is 5.20. The zero-order chi connectivity index (χ0) is 27.0. The fourth-order valence-corrected chi connectivity index (χ4v) is 6.43. The highest BCUT2D eigenvalue weighted by atomic mass is 32.1. The summed E-state index contributed by atoms with van der Waals surface area (Å²) in [7, 11) is 0. The van der Waals surface area contributed by atoms with E-state index < -0.39 is 24.1 Å². The lowest BCUT2D eigenvalue weighted by atomic mass is 9.82. The lowest BCUT2D eigenvalue weighted by molar-refractivity contribution is -0.162. The Kier molecular flexibility index (Phi) is 6.86. The average Bonchev–Trinajstić information content (AvgIpc) is 3.46. The Hall–Kier alpha value is -4.24. The van der Waals surface area contributed by atoms with Crippen LogP contribution in [0.25, 0.3) is 25.7 Å². The van der Waals surface area contributed by atoms with Crippen LogP contribution in [0, 0.1) is 5.92 Å². The van der Waals surface area contributed by atoms with E-state index in [1.807, 2.05) is 30.3 Å². The van der Waals surface area contributed by atoms with Crippen molar-refractivity contribution in [2.45, 2.75) is 25.5 Å². The van der Waals surface area contributed by atoms with Gasteiger partial charge in [-0.05, 0) is 36.6 Å². The smallest absolute Gasteiger partial charge is 0.457 e. The highest BCUT2D eigenvalue weighted by Crippen LogP contribution is 2.50. The molecule has 1 fully saturated rings. The molecule has 0 bridgehead atoms. The summed E-state index contributed by atoms with van der Waals surface area (Å²) in [5.74, 6) is -1.57. The van der Waals surface area contributed by atoms with Crippen LogP contribution in [0.3, 0.4) is 0 Å². The first-order valence-corrected chi connectivity index (χ1v) is 12.9. The minimum Gasteiger partial charge on any atom is -0.457 e. The predicted molar refractivity (Wildman–Crippen MR) is 144 cm³/mol. The Balaban J connectivity index is 1.55. The number of β-lactam (4-membered cyclic amide) rings is 1. The zero-order valence-corrected chi connectivity index (χ0v) is 21.5. The highest BCUT2D eigenvalue weighted by Gasteiger charge is 2.58. The van der Waals surface area contributed by atoms with Gasteiger partial charge in [0.05, 0.1) is 12.0 Å². The van der Waals surface area contributed by atoms with Crippen molar-refractivity contribution < 1.29 is 33.4 Å². The molecular weight excluding hydrogens is 506 g/mol. The van der Waals surface area contributed by atoms with Gasteiger partial charge in [-0.1, -0.05) is 49.6 Å². The van der Waals surface area contributed by atoms with Crippen molar-refractivity contribution in [2.75, 3.05) is 13.2 Å². The van der Waals surface area contributed by atoms with Gasteiger partial charge in [-0.15, -0.1) is 11.3 Å². The van der Waals surface area contributed by atoms with E-state index in [1.54, 1.807) is 24.3 Å². The minimum absolute atomic E-state index is 0.00176. The maximum absolute atomic E-state index is 13.3. The second-order valence-corrected chi connectivity index (χ2v) is 10.1. The Morgan fingerprint density at radius 1 is 1.13 bits per heavy atom. The molecule has 3 atom stereocenters. The summed E-state index contributed by atoms with van der Waals surface area (Å²) in [6, 6.07) is 11.0. The van der Waals surface area contributed by atoms with Gasteiger partial charge in [0.15, 0.2) is 0 Å². The lowest BCUT2D eigenvalue weighted by Gasteiger charge is -2.45. The van der Waals surface area contributed by atoms with Crippen LogP contribution >= 0.6 is 11.3 Å². The molecule has 2 aliphatic heterocycles. The number of benzene rings is 2. The molecule has 1 saturated heterocycles. The van der Waals surface area contributed by atoms with Crippen LogP contribution < -0.4 is 0 Å². The Bertz CT molecular complexity index is 1530. The van der Waals surface area contributed by atoms with Crippen LogP contribution in [-0.4, -0.2) is 54.6 Å². The molecule has 3 aromatic rings. The molecule has 2 aliphatic rings. The summed E-state index contributed by atoms with van der Waals surface area (Å²) in [4.78, 5) is 51.3. The van der Waals surface area contributed by atoms with E-state index >= 15 is 0 Å². The normalized spacial score (nSPS) is 19.1. The van der Waals surface area contributed by atoms with E-state index in [-0.39, 0.29) is 30.9 Å². The van der Waals surface area contributed by atoms with Crippen molar-refractivity contribution in [2.24, 2.45) is 5.92 Å². The monoisotopic (exact) mass is 531 g/mol. The quantitative estimate of drug-likeness (QED) is 0.161. The number of fused-ring (bicyclic) bond motifs is 4. The molecule has 1 amide bonds. The summed E-state index contributed by atoms with van der Waals surface area (Å²) in [6.07, 6.45) is 2.45. The first kappa shape index (κ1) is 25.4. The number of nitrogens with zero attached hydrogens (tertiary/aromatic N) is 1. The van der Waals surface area contributed by atoms with Crippen molar-refractivity contribution in [3.63, 3.8) is 0 Å². The predicted octanol–water partition coefficient (Wildman–Crippen LogP) is 5.27. The number of ether oxygens (including phenoxy) is 3. The van der Waals surface area contributed by atoms with Crippen molar-refractivity contribution >= 4 is 61.4 Å². The molecule has 2 aromatic carbocycles. The third-order valence-corrected chi connectivity index (χ3v) is 8.04. The zero-order valence-electron chi connectivity index (χ0n) is 20.7. The minimum atomic E-state index is -0.884. The number of hydrogen-bond donors (Lipinski definition) is 0. The molecule has 0 unspecified atom stereocenters. The van der Waals surface area contributed by atoms with Crippen LogP contribution in [0.4, 0.5) is 4.79 Å². The molecule has 0 radical (unpaired) electrons. The SMILES string of the molecule is C=CCOC(=O)O[C@H](C)[C@H]1C(=O)N2C(C(=O)OCC=C)=C(c3cccc4c3sc3ccc(C=O)cc34)C[C@H]12. The number of thiophene rings is 1. The molecule has 38 heavy (non-hydrogen) atoms. The molecular formula is C29H25NO7S. The summed E-state index contributed by atoms with van der Waals surface area (Å²) >= 11 is 1.56. The lowest BCUT2D eigenvalue weighted by Crippen LogP contribution is -2.62. The van der Waals surface area contributed by atoms with Crippen molar-refractivity contribution in [3.8, 4) is 0 Å². The van der Waals surface area contributed by atoms with Crippen molar-refractivity contribution in [1.82, 2.24) is 4.90 Å². The molecule has 1 aromatic heterocycles. The van der Waals surface area contributed by atoms with Gasteiger partial charge in [-0.3, -0.25) is 9.59 Å². The molecule has 0 saturated carbocycles. The molecule has 0 spiro atoms. The van der Waals surface area contributed by atoms with Gasteiger partial charge in [0.25, 0.3) is 0 Å². The third kappa shape index (κ3) is 4.18. The average molecular weight is 532 g/mol. The van der Waals surface area contributed by atoms with Crippen LogP contribution in [0.15, 0.2) is 67.4 Å². The summed E-state index contributed by atoms with van der Waals surface area (Å²) in [5, 5.41) is 1.90. The summed E-state index contributed by atoms with van der Waals surface area (Å²) in [5.41, 5.74) is 2.28. The second kappa shape index (κ2) is 10.3. The summed E-state index contributed by atoms with van der Waals surface area (Å²) in [6.45, 7) is 8.73. The van der Waals surface area contributed by atoms with E-state index in [4.69, 9.17) is 14.2 Å². The first-order chi connectivity index (χ1) is 18.4. The van der Waals surface area contributed by atoms with E-state index in [0.29, 0.717) is 17.6 Å². The number of carbonyl (C=O) groups is 4. The van der Waals surface area contributed by atoms with E-state index in [9.17, 15) is 19.2 Å². The van der Waals surface area contributed by atoms with Crippen LogP contribution in [0.5, 0.6) is 0 Å². The second-order valence-electron chi connectivity index (χ2n) is 9.05. The van der Waals surface area contributed by atoms with Crippen molar-refractivity contribution in [3.05, 3.63) is 78.5 Å². The van der Waals surface area contributed by atoms with Gasteiger partial charge in [-0.25, -0.2) is 9.59 Å². The number of esters is 1. The van der Waals surface area contributed by atoms with Crippen LogP contribution in [-0.2, 0) is 23.8 Å². The molecule has 8 nitrogen and oxygen atoms in total. The number of amides is 1. The van der Waals surface area contributed by atoms with E-state index in [0.717, 1.165) is 32.0 Å². The molecule has 0 aliphatic carbocycles. The molecule has 5 rings (SSSR count). The Morgan fingerprint density at radius 2 is 1.89 bits per heavy atom. The Morgan fingerprint density at radius 3 is 2.63 bits per heavy atom. The van der Waals surface area contributed by atoms with Crippen molar-refractivity contribution in [1.29, 1.82) is 0 Å². The Labute approximate surface area is 222 Å². The number of carbonyl (C=O) groups excluding carboxylic acids is 4. The maximum atomic E-state index is 13.3. The topological polar surface area (TPSA) is 99.2 Å². The van der Waals surface area contributed by atoms with E-state index in [1.165, 1.54) is 17.1 Å². The fraction of sp³-hybridized carbons (Fsp3) is 0.241. The molecule has 3 heterocycles. The number of aldehydes is 1. The first-order valence-electron chi connectivity index (χ1n) is 12.1. The third-order valence-electron chi connectivity index (χ3n) is 6.82. The number of rotatable bonds is 9. The largest absolute Gasteiger partial charge is 0.508 e. The van der Waals surface area contributed by atoms with Crippen LogP contribution in [0.2, 0.25) is 0 Å². The maximum Gasteiger partial charge on any atom is 0.508 e. The molecule has 0 N–H and O–H groups in total. The standard InChI is InChI=1S/C29H25NO7S/c1-4-11-35-28(33)25-21(14-22-24(27(32)30(22)25)16(3)37-29(34)36-12-5-2)19-8-6-7-18-20-13-17(15-31)9-10-23(20)38-26(18)19/h4-10,13,15-16,22,24H,1-2,11-12,14H2,3H3/t16-,22-,24-/m1/s1. The molecule has 9 heteroatoms. The van der Waals surface area contributed by atoms with E-state index in [2.05, 4.69) is 13.2 Å². The van der Waals surface area contributed by atoms with Gasteiger partial charge in [-0.2, -0.15) is 0 Å². The number of hydrogen-bond acceptors (Lipinski definition) is 8. The molecule has 194 valence electrons. The van der Waals surface area contributed by atoms with Gasteiger partial charge >= 0.3 is 12.1 Å². The van der Waals surface area contributed by atoms with Gasteiger partial charge in [0.1, 0.15) is 31.3 Å².